The zero-order valence-corrected chi connectivity index (χ0v) is 12.6. The molecule has 0 bridgehead atoms. The zero-order chi connectivity index (χ0) is 15.3. The van der Waals surface area contributed by atoms with Gasteiger partial charge in [-0.25, -0.2) is 4.79 Å². The Kier molecular flexibility index (Phi) is 5.19. The molecule has 110 valence electrons. The second-order valence-corrected chi connectivity index (χ2v) is 5.88. The van der Waals surface area contributed by atoms with Crippen LogP contribution in [0.4, 0.5) is 4.79 Å². The number of carbonyl (C=O) groups excluding carboxylic acids is 1. The average molecular weight is 277 g/mol. The summed E-state index contributed by atoms with van der Waals surface area (Å²) in [6, 6.07) is 7.32. The van der Waals surface area contributed by atoms with E-state index in [2.05, 4.69) is 11.9 Å². The van der Waals surface area contributed by atoms with Gasteiger partial charge in [0.25, 0.3) is 0 Å². The van der Waals surface area contributed by atoms with E-state index in [9.17, 15) is 9.90 Å². The molecule has 2 N–H and O–H groups in total. The summed E-state index contributed by atoms with van der Waals surface area (Å²) >= 11 is 0. The van der Waals surface area contributed by atoms with Crippen molar-refractivity contribution in [2.45, 2.75) is 45.8 Å². The van der Waals surface area contributed by atoms with Gasteiger partial charge < -0.3 is 15.2 Å². The van der Waals surface area contributed by atoms with Gasteiger partial charge in [0, 0.05) is 0 Å². The molecule has 0 fully saturated rings. The summed E-state index contributed by atoms with van der Waals surface area (Å²) in [6.07, 6.45) is -0.0960. The molecule has 0 saturated heterocycles. The number of rotatable bonds is 4. The lowest BCUT2D eigenvalue weighted by Crippen LogP contribution is -2.41. The summed E-state index contributed by atoms with van der Waals surface area (Å²) in [6.45, 7) is 10.9. The predicted molar refractivity (Wildman–Crippen MR) is 79.8 cm³/mol. The number of aliphatic hydroxyl groups excluding tert-OH is 1. The molecule has 1 amide bonds. The summed E-state index contributed by atoms with van der Waals surface area (Å²) in [5.74, 6) is -0.0858. The fourth-order valence-electron chi connectivity index (χ4n) is 1.78. The van der Waals surface area contributed by atoms with Crippen molar-refractivity contribution in [3.63, 3.8) is 0 Å². The summed E-state index contributed by atoms with van der Waals surface area (Å²) < 4.78 is 5.18. The minimum Gasteiger partial charge on any atom is -0.511 e. The van der Waals surface area contributed by atoms with Gasteiger partial charge in [0.05, 0.1) is 6.04 Å². The molecule has 0 aromatic heterocycles. The van der Waals surface area contributed by atoms with Gasteiger partial charge in [0.15, 0.2) is 0 Å². The van der Waals surface area contributed by atoms with E-state index in [1.807, 2.05) is 31.2 Å². The Morgan fingerprint density at radius 2 is 2.10 bits per heavy atom. The summed E-state index contributed by atoms with van der Waals surface area (Å²) in [5.41, 5.74) is 1.57. The van der Waals surface area contributed by atoms with Crippen LogP contribution in [0.3, 0.4) is 0 Å². The van der Waals surface area contributed by atoms with E-state index in [1.54, 1.807) is 20.8 Å². The highest BCUT2D eigenvalue weighted by Crippen LogP contribution is 2.12. The van der Waals surface area contributed by atoms with Crippen molar-refractivity contribution in [1.82, 2.24) is 5.32 Å². The molecule has 0 spiro atoms. The number of aryl methyl sites for hydroxylation is 1. The maximum absolute atomic E-state index is 11.7. The minimum atomic E-state index is -0.575. The Balaban J connectivity index is 2.71. The average Bonchev–Trinajstić information content (AvgIpc) is 2.25. The van der Waals surface area contributed by atoms with Crippen molar-refractivity contribution in [2.75, 3.05) is 0 Å². The van der Waals surface area contributed by atoms with Crippen LogP contribution in [0.5, 0.6) is 0 Å². The molecule has 0 aliphatic rings. The van der Waals surface area contributed by atoms with E-state index < -0.39 is 17.7 Å². The van der Waals surface area contributed by atoms with Crippen molar-refractivity contribution >= 4 is 6.09 Å². The second kappa shape index (κ2) is 6.46. The van der Waals surface area contributed by atoms with Gasteiger partial charge in [-0.1, -0.05) is 36.4 Å². The van der Waals surface area contributed by atoms with Gasteiger partial charge in [-0.05, 0) is 39.7 Å². The highest BCUT2D eigenvalue weighted by molar-refractivity contribution is 5.68. The number of hydrogen-bond donors (Lipinski definition) is 2. The van der Waals surface area contributed by atoms with Gasteiger partial charge in [-0.2, -0.15) is 0 Å². The third-order valence-electron chi connectivity index (χ3n) is 2.62. The fourth-order valence-corrected chi connectivity index (χ4v) is 1.78. The molecule has 20 heavy (non-hydrogen) atoms. The van der Waals surface area contributed by atoms with Gasteiger partial charge in [-0.15, -0.1) is 0 Å². The molecule has 1 rings (SSSR count). The van der Waals surface area contributed by atoms with Gasteiger partial charge in [-0.3, -0.25) is 0 Å². The lowest BCUT2D eigenvalue weighted by Gasteiger charge is -2.23. The smallest absolute Gasteiger partial charge is 0.408 e. The van der Waals surface area contributed by atoms with Crippen LogP contribution in [-0.4, -0.2) is 22.8 Å². The number of carbonyl (C=O) groups is 1. The van der Waals surface area contributed by atoms with Crippen LogP contribution >= 0.6 is 0 Å². The molecule has 0 aliphatic heterocycles. The normalized spacial score (nSPS) is 12.6. The highest BCUT2D eigenvalue weighted by Gasteiger charge is 2.21. The molecule has 4 nitrogen and oxygen atoms in total. The first-order valence-corrected chi connectivity index (χ1v) is 6.60. The van der Waals surface area contributed by atoms with E-state index in [4.69, 9.17) is 4.74 Å². The Morgan fingerprint density at radius 1 is 1.45 bits per heavy atom. The van der Waals surface area contributed by atoms with E-state index >= 15 is 0 Å². The molecule has 0 heterocycles. The van der Waals surface area contributed by atoms with E-state index in [-0.39, 0.29) is 5.76 Å². The molecule has 4 heteroatoms. The lowest BCUT2D eigenvalue weighted by molar-refractivity contribution is 0.0501. The van der Waals surface area contributed by atoms with Gasteiger partial charge in [0.1, 0.15) is 11.4 Å². The SMILES string of the molecule is C=C(O)[C@H](Cc1cccc(C)c1)NC(=O)OC(C)(C)C. The number of amides is 1. The van der Waals surface area contributed by atoms with Crippen LogP contribution in [0.25, 0.3) is 0 Å². The Hall–Kier alpha value is -1.97. The Labute approximate surface area is 120 Å². The van der Waals surface area contributed by atoms with Crippen molar-refractivity contribution in [3.8, 4) is 0 Å². The van der Waals surface area contributed by atoms with Crippen LogP contribution < -0.4 is 5.32 Å². The number of hydrogen-bond acceptors (Lipinski definition) is 3. The number of nitrogens with one attached hydrogen (secondary N) is 1. The molecule has 1 aromatic carbocycles. The fraction of sp³-hybridized carbons (Fsp3) is 0.438. The third kappa shape index (κ3) is 5.78. The Bertz CT molecular complexity index is 489. The first-order chi connectivity index (χ1) is 9.17. The molecule has 1 aromatic rings. The maximum atomic E-state index is 11.7. The van der Waals surface area contributed by atoms with Gasteiger partial charge >= 0.3 is 6.09 Å². The molecule has 0 unspecified atom stereocenters. The van der Waals surface area contributed by atoms with Crippen LogP contribution in [0, 0.1) is 6.92 Å². The number of ether oxygens (including phenoxy) is 1. The second-order valence-electron chi connectivity index (χ2n) is 5.88. The zero-order valence-electron chi connectivity index (χ0n) is 12.6. The van der Waals surface area contributed by atoms with Crippen LogP contribution in [0.1, 0.15) is 31.9 Å². The largest absolute Gasteiger partial charge is 0.511 e. The minimum absolute atomic E-state index is 0.0858. The molecular formula is C16H23NO3. The van der Waals surface area contributed by atoms with Crippen molar-refractivity contribution < 1.29 is 14.6 Å². The van der Waals surface area contributed by atoms with Gasteiger partial charge in [0.2, 0.25) is 0 Å². The van der Waals surface area contributed by atoms with Crippen molar-refractivity contribution in [2.24, 2.45) is 0 Å². The van der Waals surface area contributed by atoms with E-state index in [1.165, 1.54) is 0 Å². The quantitative estimate of drug-likeness (QED) is 0.828. The lowest BCUT2D eigenvalue weighted by atomic mass is 10.0. The van der Waals surface area contributed by atoms with Crippen LogP contribution in [0.2, 0.25) is 0 Å². The van der Waals surface area contributed by atoms with Crippen LogP contribution in [-0.2, 0) is 11.2 Å². The summed E-state index contributed by atoms with van der Waals surface area (Å²) in [4.78, 5) is 11.7. The Morgan fingerprint density at radius 3 is 2.60 bits per heavy atom. The third-order valence-corrected chi connectivity index (χ3v) is 2.62. The summed E-state index contributed by atoms with van der Waals surface area (Å²) in [7, 11) is 0. The standard InChI is InChI=1S/C16H23NO3/c1-11-7-6-8-13(9-11)10-14(12(2)18)17-15(19)20-16(3,4)5/h6-9,14,18H,2,10H2,1,3-5H3,(H,17,19)/t14-/m0/s1. The number of benzene rings is 1. The predicted octanol–water partition coefficient (Wildman–Crippen LogP) is 3.50. The molecular weight excluding hydrogens is 254 g/mol. The van der Waals surface area contributed by atoms with E-state index in [0.717, 1.165) is 11.1 Å². The highest BCUT2D eigenvalue weighted by atomic mass is 16.6. The van der Waals surface area contributed by atoms with Crippen molar-refractivity contribution in [1.29, 1.82) is 0 Å². The molecule has 1 atom stereocenters. The monoisotopic (exact) mass is 277 g/mol. The first kappa shape index (κ1) is 16.1. The topological polar surface area (TPSA) is 58.6 Å². The van der Waals surface area contributed by atoms with Crippen molar-refractivity contribution in [3.05, 3.63) is 47.7 Å². The molecule has 0 aliphatic carbocycles. The van der Waals surface area contributed by atoms with Crippen LogP contribution in [0.15, 0.2) is 36.6 Å². The first-order valence-electron chi connectivity index (χ1n) is 6.60. The maximum Gasteiger partial charge on any atom is 0.408 e. The summed E-state index contributed by atoms with van der Waals surface area (Å²) in [5, 5.41) is 12.3. The molecule has 0 radical (unpaired) electrons. The number of aliphatic hydroxyl groups is 1. The molecule has 0 saturated carbocycles. The van der Waals surface area contributed by atoms with E-state index in [0.29, 0.717) is 6.42 Å². The number of alkyl carbamates (subject to hydrolysis) is 1.